The zero-order valence-electron chi connectivity index (χ0n) is 7.79. The lowest BCUT2D eigenvalue weighted by atomic mass is 9.96. The fourth-order valence-corrected chi connectivity index (χ4v) is 1.48. The van der Waals surface area contributed by atoms with Gasteiger partial charge in [-0.2, -0.15) is 5.26 Å². The van der Waals surface area contributed by atoms with Gasteiger partial charge in [-0.3, -0.25) is 4.79 Å². The van der Waals surface area contributed by atoms with Crippen molar-refractivity contribution < 1.29 is 9.53 Å². The van der Waals surface area contributed by atoms with Crippen molar-refractivity contribution in [2.24, 2.45) is 0 Å². The van der Waals surface area contributed by atoms with Crippen molar-refractivity contribution in [2.45, 2.75) is 44.6 Å². The lowest BCUT2D eigenvalue weighted by Gasteiger charge is -2.20. The van der Waals surface area contributed by atoms with Gasteiger partial charge in [0.05, 0.1) is 12.2 Å². The van der Waals surface area contributed by atoms with Gasteiger partial charge in [-0.25, -0.2) is 0 Å². The van der Waals surface area contributed by atoms with Crippen molar-refractivity contribution in [2.75, 3.05) is 6.61 Å². The summed E-state index contributed by atoms with van der Waals surface area (Å²) >= 11 is 0. The molecule has 0 aromatic carbocycles. The minimum atomic E-state index is 0.261. The van der Waals surface area contributed by atoms with Crippen LogP contribution in [0.3, 0.4) is 0 Å². The Kier molecular flexibility index (Phi) is 4.48. The summed E-state index contributed by atoms with van der Waals surface area (Å²) in [4.78, 5) is 10.9. The summed E-state index contributed by atoms with van der Waals surface area (Å²) in [5.41, 5.74) is 0. The molecule has 1 fully saturated rings. The van der Waals surface area contributed by atoms with Crippen molar-refractivity contribution in [1.82, 2.24) is 0 Å². The summed E-state index contributed by atoms with van der Waals surface area (Å²) in [6.45, 7) is 0.659. The Morgan fingerprint density at radius 2 is 2.15 bits per heavy atom. The average Bonchev–Trinajstić information content (AvgIpc) is 2.15. The van der Waals surface area contributed by atoms with Gasteiger partial charge in [0.2, 0.25) is 0 Å². The van der Waals surface area contributed by atoms with E-state index in [1.165, 1.54) is 0 Å². The molecule has 72 valence electrons. The van der Waals surface area contributed by atoms with E-state index in [1.54, 1.807) is 0 Å². The molecule has 0 spiro atoms. The van der Waals surface area contributed by atoms with E-state index >= 15 is 0 Å². The van der Waals surface area contributed by atoms with Crippen molar-refractivity contribution in [3.63, 3.8) is 0 Å². The van der Waals surface area contributed by atoms with Crippen LogP contribution in [-0.4, -0.2) is 18.5 Å². The molecule has 1 aliphatic carbocycles. The molecule has 0 aromatic heterocycles. The standard InChI is InChI=1S/C10H15NO2/c11-7-1-2-8-13-10-5-3-9(12)4-6-10/h10H,1-6,8H2. The fraction of sp³-hybridized carbons (Fsp3) is 0.800. The van der Waals surface area contributed by atoms with Gasteiger partial charge in [0, 0.05) is 25.9 Å². The van der Waals surface area contributed by atoms with Crippen LogP contribution in [0.5, 0.6) is 0 Å². The molecule has 0 radical (unpaired) electrons. The highest BCUT2D eigenvalue weighted by Gasteiger charge is 2.18. The van der Waals surface area contributed by atoms with Crippen LogP contribution in [0.4, 0.5) is 0 Å². The third kappa shape index (κ3) is 4.05. The molecule has 0 atom stereocenters. The Hall–Kier alpha value is -0.880. The van der Waals surface area contributed by atoms with Crippen molar-refractivity contribution in [3.05, 3.63) is 0 Å². The first kappa shape index (κ1) is 10.2. The van der Waals surface area contributed by atoms with E-state index in [9.17, 15) is 4.79 Å². The highest BCUT2D eigenvalue weighted by Crippen LogP contribution is 2.17. The topological polar surface area (TPSA) is 50.1 Å². The van der Waals surface area contributed by atoms with E-state index in [4.69, 9.17) is 10.00 Å². The summed E-state index contributed by atoms with van der Waals surface area (Å²) in [5.74, 6) is 0.358. The Morgan fingerprint density at radius 3 is 2.77 bits per heavy atom. The van der Waals surface area contributed by atoms with Gasteiger partial charge in [-0.1, -0.05) is 0 Å². The summed E-state index contributed by atoms with van der Waals surface area (Å²) in [5, 5.41) is 8.29. The maximum atomic E-state index is 10.9. The fourth-order valence-electron chi connectivity index (χ4n) is 1.48. The van der Waals surface area contributed by atoms with Crippen LogP contribution in [-0.2, 0) is 9.53 Å². The van der Waals surface area contributed by atoms with Crippen LogP contribution in [0.2, 0.25) is 0 Å². The van der Waals surface area contributed by atoms with Crippen molar-refractivity contribution >= 4 is 5.78 Å². The molecule has 0 unspecified atom stereocenters. The Bertz CT molecular complexity index is 197. The number of unbranched alkanes of at least 4 members (excludes halogenated alkanes) is 1. The minimum absolute atomic E-state index is 0.261. The van der Waals surface area contributed by atoms with E-state index in [1.807, 2.05) is 0 Å². The summed E-state index contributed by atoms with van der Waals surface area (Å²) in [6, 6.07) is 2.08. The average molecular weight is 181 g/mol. The minimum Gasteiger partial charge on any atom is -0.378 e. The van der Waals surface area contributed by atoms with Gasteiger partial charge in [0.25, 0.3) is 0 Å². The van der Waals surface area contributed by atoms with Crippen molar-refractivity contribution in [3.8, 4) is 6.07 Å². The number of hydrogen-bond donors (Lipinski definition) is 0. The lowest BCUT2D eigenvalue weighted by Crippen LogP contribution is -2.21. The molecule has 0 saturated heterocycles. The molecule has 0 aliphatic heterocycles. The van der Waals surface area contributed by atoms with Crippen LogP contribution in [0.1, 0.15) is 38.5 Å². The van der Waals surface area contributed by atoms with Gasteiger partial charge >= 0.3 is 0 Å². The summed E-state index contributed by atoms with van der Waals surface area (Å²) in [6.07, 6.45) is 4.70. The number of nitriles is 1. The molecule has 3 nitrogen and oxygen atoms in total. The van der Waals surface area contributed by atoms with E-state index in [-0.39, 0.29) is 6.10 Å². The smallest absolute Gasteiger partial charge is 0.133 e. The van der Waals surface area contributed by atoms with Crippen LogP contribution >= 0.6 is 0 Å². The molecule has 0 heterocycles. The van der Waals surface area contributed by atoms with Crippen molar-refractivity contribution in [1.29, 1.82) is 5.26 Å². The second-order valence-electron chi connectivity index (χ2n) is 3.37. The molecule has 0 aromatic rings. The number of carbonyl (C=O) groups is 1. The number of nitrogens with zero attached hydrogens (tertiary/aromatic N) is 1. The van der Waals surface area contributed by atoms with Gasteiger partial charge in [0.1, 0.15) is 5.78 Å². The molecule has 13 heavy (non-hydrogen) atoms. The quantitative estimate of drug-likeness (QED) is 0.621. The summed E-state index contributed by atoms with van der Waals surface area (Å²) < 4.78 is 5.53. The number of rotatable bonds is 4. The molecule has 0 bridgehead atoms. The van der Waals surface area contributed by atoms with Crippen LogP contribution in [0, 0.1) is 11.3 Å². The van der Waals surface area contributed by atoms with Gasteiger partial charge in [-0.15, -0.1) is 0 Å². The molecule has 1 saturated carbocycles. The molecule has 0 amide bonds. The van der Waals surface area contributed by atoms with E-state index in [0.717, 1.165) is 19.3 Å². The van der Waals surface area contributed by atoms with E-state index < -0.39 is 0 Å². The van der Waals surface area contributed by atoms with Gasteiger partial charge < -0.3 is 4.74 Å². The zero-order chi connectivity index (χ0) is 9.52. The largest absolute Gasteiger partial charge is 0.378 e. The lowest BCUT2D eigenvalue weighted by molar-refractivity contribution is -0.123. The number of carbonyl (C=O) groups excluding carboxylic acids is 1. The normalized spacial score (nSPS) is 18.5. The third-order valence-electron chi connectivity index (χ3n) is 2.28. The molecule has 3 heteroatoms. The highest BCUT2D eigenvalue weighted by atomic mass is 16.5. The molecule has 0 N–H and O–H groups in total. The Balaban J connectivity index is 2.03. The maximum Gasteiger partial charge on any atom is 0.133 e. The second-order valence-corrected chi connectivity index (χ2v) is 3.37. The van der Waals surface area contributed by atoms with Crippen LogP contribution in [0.15, 0.2) is 0 Å². The highest BCUT2D eigenvalue weighted by molar-refractivity contribution is 5.79. The second kappa shape index (κ2) is 5.71. The molecular weight excluding hydrogens is 166 g/mol. The molecule has 1 aliphatic rings. The monoisotopic (exact) mass is 181 g/mol. The molecule has 1 rings (SSSR count). The maximum absolute atomic E-state index is 10.9. The third-order valence-corrected chi connectivity index (χ3v) is 2.28. The zero-order valence-corrected chi connectivity index (χ0v) is 7.79. The van der Waals surface area contributed by atoms with Crippen LogP contribution < -0.4 is 0 Å². The van der Waals surface area contributed by atoms with Crippen LogP contribution in [0.25, 0.3) is 0 Å². The molecular formula is C10H15NO2. The Labute approximate surface area is 78.7 Å². The van der Waals surface area contributed by atoms with E-state index in [0.29, 0.717) is 31.7 Å². The first-order valence-electron chi connectivity index (χ1n) is 4.83. The summed E-state index contributed by atoms with van der Waals surface area (Å²) in [7, 11) is 0. The number of hydrogen-bond acceptors (Lipinski definition) is 3. The number of Topliss-reactive ketones (excluding diaryl/α,β-unsaturated/α-hetero) is 1. The number of ether oxygens (including phenoxy) is 1. The first-order chi connectivity index (χ1) is 6.33. The van der Waals surface area contributed by atoms with Gasteiger partial charge in [0.15, 0.2) is 0 Å². The predicted octanol–water partition coefficient (Wildman–Crippen LogP) is 1.82. The predicted molar refractivity (Wildman–Crippen MR) is 48.1 cm³/mol. The SMILES string of the molecule is N#CCCCOC1CCC(=O)CC1. The Morgan fingerprint density at radius 1 is 1.46 bits per heavy atom. The first-order valence-corrected chi connectivity index (χ1v) is 4.83. The van der Waals surface area contributed by atoms with Gasteiger partial charge in [-0.05, 0) is 19.3 Å². The van der Waals surface area contributed by atoms with E-state index in [2.05, 4.69) is 6.07 Å². The number of ketones is 1.